The number of fused-ring (bicyclic) bond motifs is 1. The van der Waals surface area contributed by atoms with E-state index in [9.17, 15) is 25.0 Å². The summed E-state index contributed by atoms with van der Waals surface area (Å²) < 4.78 is 5.53. The quantitative estimate of drug-likeness (QED) is 0.215. The molecule has 4 aromatic carbocycles. The van der Waals surface area contributed by atoms with Gasteiger partial charge in [0.05, 0.1) is 28.5 Å². The first kappa shape index (κ1) is 23.1. The van der Waals surface area contributed by atoms with Crippen LogP contribution in [-0.4, -0.2) is 22.0 Å². The van der Waals surface area contributed by atoms with E-state index in [1.807, 2.05) is 42.5 Å². The van der Waals surface area contributed by atoms with Gasteiger partial charge in [0.25, 0.3) is 5.69 Å². The number of carbonyl (C=O) groups excluding carboxylic acids is 1. The Bertz CT molecular complexity index is 1450. The number of nitro benzene ring substituents is 2. The van der Waals surface area contributed by atoms with Gasteiger partial charge >= 0.3 is 5.69 Å². The molecule has 0 aliphatic carbocycles. The summed E-state index contributed by atoms with van der Waals surface area (Å²) in [5.41, 5.74) is 3.14. The molecule has 0 spiro atoms. The van der Waals surface area contributed by atoms with Gasteiger partial charge in [-0.25, -0.2) is 5.43 Å². The highest BCUT2D eigenvalue weighted by atomic mass is 16.6. The summed E-state index contributed by atoms with van der Waals surface area (Å²) in [7, 11) is 0. The minimum atomic E-state index is -0.746. The minimum absolute atomic E-state index is 0.122. The van der Waals surface area contributed by atoms with Crippen LogP contribution in [0.2, 0.25) is 0 Å². The fourth-order valence-electron chi connectivity index (χ4n) is 3.44. The molecule has 0 saturated carbocycles. The van der Waals surface area contributed by atoms with Crippen molar-refractivity contribution < 1.29 is 19.4 Å². The van der Waals surface area contributed by atoms with Crippen LogP contribution in [0.25, 0.3) is 10.8 Å². The Morgan fingerprint density at radius 1 is 0.914 bits per heavy atom. The second-order valence-electron chi connectivity index (χ2n) is 7.45. The molecule has 4 aromatic rings. The van der Waals surface area contributed by atoms with Crippen molar-refractivity contribution in [3.05, 3.63) is 116 Å². The predicted octanol–water partition coefficient (Wildman–Crippen LogP) is 5.14. The number of nitro groups is 2. The largest absolute Gasteiger partial charge is 0.450 e. The summed E-state index contributed by atoms with van der Waals surface area (Å²) in [5.74, 6) is -0.0927. The maximum atomic E-state index is 12.3. The lowest BCUT2D eigenvalue weighted by Crippen LogP contribution is -2.19. The van der Waals surface area contributed by atoms with Gasteiger partial charge in [0.1, 0.15) is 5.75 Å². The highest BCUT2D eigenvalue weighted by Crippen LogP contribution is 2.34. The maximum absolute atomic E-state index is 12.3. The number of ether oxygens (including phenoxy) is 1. The van der Waals surface area contributed by atoms with Crippen molar-refractivity contribution in [3.8, 4) is 11.5 Å². The Morgan fingerprint density at radius 3 is 2.40 bits per heavy atom. The second-order valence-corrected chi connectivity index (χ2v) is 7.45. The van der Waals surface area contributed by atoms with E-state index < -0.39 is 21.2 Å². The Morgan fingerprint density at radius 2 is 1.66 bits per heavy atom. The van der Waals surface area contributed by atoms with E-state index >= 15 is 0 Å². The van der Waals surface area contributed by atoms with E-state index in [-0.39, 0.29) is 18.1 Å². The normalized spacial score (nSPS) is 10.9. The minimum Gasteiger partial charge on any atom is -0.450 e. The van der Waals surface area contributed by atoms with Crippen LogP contribution in [0.3, 0.4) is 0 Å². The average molecular weight is 470 g/mol. The van der Waals surface area contributed by atoms with Crippen LogP contribution in [0.4, 0.5) is 11.4 Å². The molecule has 4 rings (SSSR count). The van der Waals surface area contributed by atoms with Crippen molar-refractivity contribution in [2.24, 2.45) is 5.10 Å². The third kappa shape index (κ3) is 5.63. The van der Waals surface area contributed by atoms with Crippen LogP contribution >= 0.6 is 0 Å². The number of rotatable bonds is 8. The third-order valence-corrected chi connectivity index (χ3v) is 5.09. The van der Waals surface area contributed by atoms with E-state index in [2.05, 4.69) is 10.5 Å². The zero-order valence-corrected chi connectivity index (χ0v) is 18.2. The van der Waals surface area contributed by atoms with Crippen LogP contribution in [0.5, 0.6) is 11.5 Å². The molecule has 10 heteroatoms. The fourth-order valence-corrected chi connectivity index (χ4v) is 3.44. The maximum Gasteiger partial charge on any atom is 0.318 e. The number of carbonyl (C=O) groups is 1. The van der Waals surface area contributed by atoms with Gasteiger partial charge in [-0.2, -0.15) is 5.10 Å². The van der Waals surface area contributed by atoms with Crippen molar-refractivity contribution in [1.29, 1.82) is 0 Å². The van der Waals surface area contributed by atoms with Gasteiger partial charge in [-0.05, 0) is 52.2 Å². The van der Waals surface area contributed by atoms with Crippen LogP contribution in [-0.2, 0) is 11.2 Å². The lowest BCUT2D eigenvalue weighted by atomic mass is 10.0. The highest BCUT2D eigenvalue weighted by Gasteiger charge is 2.21. The number of amides is 1. The molecule has 0 radical (unpaired) electrons. The summed E-state index contributed by atoms with van der Waals surface area (Å²) in [6.07, 6.45) is 1.64. The molecule has 0 fully saturated rings. The summed E-state index contributed by atoms with van der Waals surface area (Å²) in [6, 6.07) is 23.2. The van der Waals surface area contributed by atoms with E-state index in [4.69, 9.17) is 4.74 Å². The Balaban J connectivity index is 1.38. The highest BCUT2D eigenvalue weighted by molar-refractivity contribution is 5.90. The Hall–Kier alpha value is -5.12. The lowest BCUT2D eigenvalue weighted by Gasteiger charge is -2.07. The molecule has 0 aliphatic heterocycles. The molecule has 0 saturated heterocycles. The first-order valence-corrected chi connectivity index (χ1v) is 10.4. The van der Waals surface area contributed by atoms with Crippen LogP contribution < -0.4 is 10.2 Å². The van der Waals surface area contributed by atoms with Gasteiger partial charge < -0.3 is 4.74 Å². The lowest BCUT2D eigenvalue weighted by molar-refractivity contribution is -0.394. The van der Waals surface area contributed by atoms with Crippen LogP contribution in [0.1, 0.15) is 11.1 Å². The molecule has 10 nitrogen and oxygen atoms in total. The van der Waals surface area contributed by atoms with Crippen molar-refractivity contribution in [3.63, 3.8) is 0 Å². The van der Waals surface area contributed by atoms with Crippen molar-refractivity contribution in [2.45, 2.75) is 6.42 Å². The number of nitrogens with one attached hydrogen (secondary N) is 1. The third-order valence-electron chi connectivity index (χ3n) is 5.09. The molecule has 0 aliphatic rings. The molecule has 0 unspecified atom stereocenters. The zero-order chi connectivity index (χ0) is 24.8. The van der Waals surface area contributed by atoms with Crippen molar-refractivity contribution >= 4 is 34.3 Å². The molecular formula is C25H18N4O6. The van der Waals surface area contributed by atoms with E-state index in [1.165, 1.54) is 12.3 Å². The molecule has 174 valence electrons. The van der Waals surface area contributed by atoms with Gasteiger partial charge in [-0.3, -0.25) is 25.0 Å². The Labute approximate surface area is 198 Å². The van der Waals surface area contributed by atoms with Crippen molar-refractivity contribution in [1.82, 2.24) is 5.43 Å². The molecule has 35 heavy (non-hydrogen) atoms. The number of hydrazone groups is 1. The van der Waals surface area contributed by atoms with Crippen LogP contribution in [0.15, 0.2) is 90.0 Å². The SMILES string of the molecule is O=C(Cc1cccc2ccccc12)NN=Cc1ccc(Oc2ccc([N+](=O)[O-])cc2[N+](=O)[O-])cc1. The monoisotopic (exact) mass is 470 g/mol. The van der Waals surface area contributed by atoms with E-state index in [1.54, 1.807) is 24.3 Å². The van der Waals surface area contributed by atoms with E-state index in [0.717, 1.165) is 28.5 Å². The summed E-state index contributed by atoms with van der Waals surface area (Å²) in [5, 5.41) is 28.1. The second kappa shape index (κ2) is 10.2. The van der Waals surface area contributed by atoms with E-state index in [0.29, 0.717) is 11.3 Å². The summed E-state index contributed by atoms with van der Waals surface area (Å²) >= 11 is 0. The first-order valence-electron chi connectivity index (χ1n) is 10.4. The number of non-ortho nitro benzene ring substituents is 1. The number of hydrogen-bond acceptors (Lipinski definition) is 7. The van der Waals surface area contributed by atoms with Crippen LogP contribution in [0, 0.1) is 20.2 Å². The topological polar surface area (TPSA) is 137 Å². The average Bonchev–Trinajstić information content (AvgIpc) is 2.85. The number of nitrogens with zero attached hydrogens (tertiary/aromatic N) is 3. The number of hydrogen-bond donors (Lipinski definition) is 1. The molecular weight excluding hydrogens is 452 g/mol. The first-order chi connectivity index (χ1) is 16.9. The van der Waals surface area contributed by atoms with Gasteiger partial charge in [0.15, 0.2) is 0 Å². The predicted molar refractivity (Wildman–Crippen MR) is 130 cm³/mol. The van der Waals surface area contributed by atoms with Gasteiger partial charge in [0, 0.05) is 6.07 Å². The zero-order valence-electron chi connectivity index (χ0n) is 18.2. The smallest absolute Gasteiger partial charge is 0.318 e. The van der Waals surface area contributed by atoms with Crippen molar-refractivity contribution in [2.75, 3.05) is 0 Å². The summed E-state index contributed by atoms with van der Waals surface area (Å²) in [4.78, 5) is 33.0. The molecule has 0 heterocycles. The molecule has 0 aromatic heterocycles. The molecule has 1 N–H and O–H groups in total. The van der Waals surface area contributed by atoms with Gasteiger partial charge in [0.2, 0.25) is 11.7 Å². The molecule has 0 bridgehead atoms. The van der Waals surface area contributed by atoms with Gasteiger partial charge in [-0.1, -0.05) is 42.5 Å². The van der Waals surface area contributed by atoms with Gasteiger partial charge in [-0.15, -0.1) is 0 Å². The standard InChI is InChI=1S/C25H18N4O6/c30-25(14-19-6-3-5-18-4-1-2-7-22(18)19)27-26-16-17-8-11-21(12-9-17)35-24-13-10-20(28(31)32)15-23(24)29(33)34/h1-13,15-16H,14H2,(H,27,30). The fraction of sp³-hybridized carbons (Fsp3) is 0.0400. The summed E-state index contributed by atoms with van der Waals surface area (Å²) in [6.45, 7) is 0. The number of benzene rings is 4. The molecule has 0 atom stereocenters. The Kier molecular flexibility index (Phi) is 6.73. The molecule has 1 amide bonds.